The Balaban J connectivity index is 2.05. The van der Waals surface area contributed by atoms with Crippen molar-refractivity contribution < 1.29 is 8.42 Å². The van der Waals surface area contributed by atoms with Gasteiger partial charge in [0.25, 0.3) is 0 Å². The summed E-state index contributed by atoms with van der Waals surface area (Å²) in [5.41, 5.74) is 1.41. The lowest BCUT2D eigenvalue weighted by Crippen LogP contribution is -2.43. The smallest absolute Gasteiger partial charge is 0.229 e. The van der Waals surface area contributed by atoms with Gasteiger partial charge in [-0.15, -0.1) is 0 Å². The third kappa shape index (κ3) is 6.78. The number of benzene rings is 1. The quantitative estimate of drug-likeness (QED) is 0.497. The van der Waals surface area contributed by atoms with Crippen LogP contribution >= 0.6 is 11.8 Å². The summed E-state index contributed by atoms with van der Waals surface area (Å²) >= 11 is 2.01. The van der Waals surface area contributed by atoms with Crippen molar-refractivity contribution in [2.75, 3.05) is 29.8 Å². The Morgan fingerprint density at radius 3 is 2.72 bits per heavy atom. The number of hydrogen-bond acceptors (Lipinski definition) is 4. The van der Waals surface area contributed by atoms with Crippen LogP contribution in [0.2, 0.25) is 0 Å². The Kier molecular flexibility index (Phi) is 7.01. The van der Waals surface area contributed by atoms with Crippen LogP contribution in [0, 0.1) is 0 Å². The van der Waals surface area contributed by atoms with Gasteiger partial charge in [0, 0.05) is 17.8 Å². The fraction of sp³-hybridized carbons (Fsp3) is 0.588. The van der Waals surface area contributed by atoms with Crippen molar-refractivity contribution >= 4 is 33.4 Å². The van der Waals surface area contributed by atoms with Crippen LogP contribution in [-0.2, 0) is 16.6 Å². The fourth-order valence-electron chi connectivity index (χ4n) is 2.71. The number of nitrogens with zero attached hydrogens (tertiary/aromatic N) is 1. The van der Waals surface area contributed by atoms with E-state index in [0.29, 0.717) is 12.2 Å². The molecule has 1 aliphatic rings. The summed E-state index contributed by atoms with van der Waals surface area (Å²) in [5, 5.41) is 6.67. The number of aliphatic imine (C=N–C) groups is 1. The summed E-state index contributed by atoms with van der Waals surface area (Å²) < 4.78 is 25.8. The summed E-state index contributed by atoms with van der Waals surface area (Å²) in [5.74, 6) is 1.97. The number of anilines is 1. The molecule has 1 atom stereocenters. The molecule has 1 aromatic rings. The Morgan fingerprint density at radius 2 is 2.08 bits per heavy atom. The lowest BCUT2D eigenvalue weighted by molar-refractivity contribution is 0.584. The van der Waals surface area contributed by atoms with Crippen LogP contribution in [0.3, 0.4) is 0 Å². The van der Waals surface area contributed by atoms with Crippen LogP contribution < -0.4 is 15.4 Å². The molecule has 140 valence electrons. The van der Waals surface area contributed by atoms with E-state index < -0.39 is 10.0 Å². The molecule has 1 saturated heterocycles. The number of guanidine groups is 1. The molecule has 1 heterocycles. The van der Waals surface area contributed by atoms with E-state index in [9.17, 15) is 8.42 Å². The second kappa shape index (κ2) is 8.80. The van der Waals surface area contributed by atoms with Crippen LogP contribution in [0.5, 0.6) is 0 Å². The van der Waals surface area contributed by atoms with Crippen molar-refractivity contribution in [2.45, 2.75) is 38.0 Å². The van der Waals surface area contributed by atoms with Gasteiger partial charge in [0.2, 0.25) is 10.0 Å². The SMILES string of the molecule is CCNC(=NCc1ccccc1NS(C)(=O)=O)NCC1(C)CCCS1. The molecule has 0 radical (unpaired) electrons. The molecule has 0 amide bonds. The molecule has 1 aliphatic heterocycles. The molecule has 0 bridgehead atoms. The van der Waals surface area contributed by atoms with Crippen molar-refractivity contribution in [2.24, 2.45) is 4.99 Å². The van der Waals surface area contributed by atoms with Crippen LogP contribution in [0.25, 0.3) is 0 Å². The Morgan fingerprint density at radius 1 is 1.32 bits per heavy atom. The molecular formula is C17H28N4O2S2. The molecule has 1 fully saturated rings. The van der Waals surface area contributed by atoms with E-state index in [1.807, 2.05) is 36.9 Å². The number of nitrogens with one attached hydrogen (secondary N) is 3. The first-order valence-corrected chi connectivity index (χ1v) is 11.4. The van der Waals surface area contributed by atoms with E-state index in [2.05, 4.69) is 27.3 Å². The lowest BCUT2D eigenvalue weighted by Gasteiger charge is -2.24. The van der Waals surface area contributed by atoms with Gasteiger partial charge in [0.15, 0.2) is 5.96 Å². The highest BCUT2D eigenvalue weighted by Crippen LogP contribution is 2.36. The predicted octanol–water partition coefficient (Wildman–Crippen LogP) is 2.40. The molecule has 3 N–H and O–H groups in total. The van der Waals surface area contributed by atoms with E-state index in [0.717, 1.165) is 30.9 Å². The van der Waals surface area contributed by atoms with Gasteiger partial charge < -0.3 is 10.6 Å². The van der Waals surface area contributed by atoms with Gasteiger partial charge in [-0.3, -0.25) is 4.72 Å². The molecule has 6 nitrogen and oxygen atoms in total. The van der Waals surface area contributed by atoms with Gasteiger partial charge in [-0.1, -0.05) is 18.2 Å². The fourth-order valence-corrected chi connectivity index (χ4v) is 4.55. The normalized spacial score (nSPS) is 21.2. The molecular weight excluding hydrogens is 356 g/mol. The summed E-state index contributed by atoms with van der Waals surface area (Å²) in [7, 11) is -3.31. The molecule has 0 aromatic heterocycles. The zero-order valence-corrected chi connectivity index (χ0v) is 16.8. The molecule has 0 aliphatic carbocycles. The van der Waals surface area contributed by atoms with Gasteiger partial charge in [-0.2, -0.15) is 11.8 Å². The first-order valence-electron chi connectivity index (χ1n) is 8.53. The second-order valence-electron chi connectivity index (χ2n) is 6.48. The molecule has 1 aromatic carbocycles. The van der Waals surface area contributed by atoms with E-state index in [1.165, 1.54) is 18.6 Å². The van der Waals surface area contributed by atoms with Crippen molar-refractivity contribution in [1.29, 1.82) is 0 Å². The van der Waals surface area contributed by atoms with Gasteiger partial charge in [-0.05, 0) is 44.1 Å². The number of para-hydroxylation sites is 1. The van der Waals surface area contributed by atoms with Crippen molar-refractivity contribution in [3.8, 4) is 0 Å². The van der Waals surface area contributed by atoms with Crippen LogP contribution in [0.4, 0.5) is 5.69 Å². The molecule has 1 unspecified atom stereocenters. The molecule has 25 heavy (non-hydrogen) atoms. The number of hydrogen-bond donors (Lipinski definition) is 3. The largest absolute Gasteiger partial charge is 0.357 e. The van der Waals surface area contributed by atoms with Crippen LogP contribution in [0.1, 0.15) is 32.3 Å². The second-order valence-corrected chi connectivity index (χ2v) is 9.91. The zero-order valence-electron chi connectivity index (χ0n) is 15.1. The Labute approximate surface area is 155 Å². The van der Waals surface area contributed by atoms with Crippen LogP contribution in [0.15, 0.2) is 29.3 Å². The minimum Gasteiger partial charge on any atom is -0.357 e. The number of rotatable bonds is 7. The lowest BCUT2D eigenvalue weighted by atomic mass is 10.1. The topological polar surface area (TPSA) is 82.6 Å². The summed E-state index contributed by atoms with van der Waals surface area (Å²) in [4.78, 5) is 4.62. The van der Waals surface area contributed by atoms with E-state index in [4.69, 9.17) is 0 Å². The van der Waals surface area contributed by atoms with Gasteiger partial charge in [-0.25, -0.2) is 13.4 Å². The van der Waals surface area contributed by atoms with Crippen molar-refractivity contribution in [3.05, 3.63) is 29.8 Å². The number of sulfonamides is 1. The Hall–Kier alpha value is -1.41. The zero-order chi connectivity index (χ0) is 18.3. The highest BCUT2D eigenvalue weighted by molar-refractivity contribution is 8.00. The van der Waals surface area contributed by atoms with Gasteiger partial charge in [0.1, 0.15) is 0 Å². The predicted molar refractivity (Wildman–Crippen MR) is 108 cm³/mol. The standard InChI is InChI=1S/C17H28N4O2S2/c1-4-18-16(20-13-17(2)10-7-11-24-17)19-12-14-8-5-6-9-15(14)21-25(3,22)23/h5-6,8-9,21H,4,7,10-13H2,1-3H3,(H2,18,19,20). The summed E-state index contributed by atoms with van der Waals surface area (Å²) in [6, 6.07) is 7.33. The maximum atomic E-state index is 11.5. The molecule has 2 rings (SSSR count). The first-order chi connectivity index (χ1) is 11.8. The minimum absolute atomic E-state index is 0.256. The first kappa shape index (κ1) is 19.9. The summed E-state index contributed by atoms with van der Waals surface area (Å²) in [6.07, 6.45) is 3.63. The molecule has 8 heteroatoms. The maximum Gasteiger partial charge on any atom is 0.229 e. The average molecular weight is 385 g/mol. The monoisotopic (exact) mass is 384 g/mol. The Bertz CT molecular complexity index is 698. The van der Waals surface area contributed by atoms with E-state index in [1.54, 1.807) is 6.07 Å². The van der Waals surface area contributed by atoms with E-state index in [-0.39, 0.29) is 4.75 Å². The molecule has 0 saturated carbocycles. The average Bonchev–Trinajstić information content (AvgIpc) is 2.97. The third-order valence-corrected chi connectivity index (χ3v) is 6.12. The number of thioether (sulfide) groups is 1. The van der Waals surface area contributed by atoms with Gasteiger partial charge >= 0.3 is 0 Å². The highest BCUT2D eigenvalue weighted by Gasteiger charge is 2.29. The maximum absolute atomic E-state index is 11.5. The third-order valence-electron chi connectivity index (χ3n) is 3.99. The minimum atomic E-state index is -3.31. The van der Waals surface area contributed by atoms with Gasteiger partial charge in [0.05, 0.1) is 18.5 Å². The van der Waals surface area contributed by atoms with Crippen molar-refractivity contribution in [1.82, 2.24) is 10.6 Å². The highest BCUT2D eigenvalue weighted by atomic mass is 32.2. The van der Waals surface area contributed by atoms with Crippen molar-refractivity contribution in [3.63, 3.8) is 0 Å². The van der Waals surface area contributed by atoms with Crippen LogP contribution in [-0.4, -0.2) is 44.2 Å². The summed E-state index contributed by atoms with van der Waals surface area (Å²) in [6.45, 7) is 6.36. The molecule has 0 spiro atoms. The van der Waals surface area contributed by atoms with E-state index >= 15 is 0 Å².